The van der Waals surface area contributed by atoms with Gasteiger partial charge in [0.15, 0.2) is 0 Å². The molecule has 0 spiro atoms. The van der Waals surface area contributed by atoms with Crippen molar-refractivity contribution < 1.29 is 24.5 Å². The average Bonchev–Trinajstić information content (AvgIpc) is 2.59. The van der Waals surface area contributed by atoms with E-state index in [1.54, 1.807) is 18.2 Å². The molecule has 1 atom stereocenters. The predicted molar refractivity (Wildman–Crippen MR) is 85.8 cm³/mol. The van der Waals surface area contributed by atoms with Crippen LogP contribution < -0.4 is 15.2 Å². The van der Waals surface area contributed by atoms with E-state index in [0.29, 0.717) is 5.75 Å². The topological polar surface area (TPSA) is 98.7 Å². The van der Waals surface area contributed by atoms with Crippen LogP contribution in [0.1, 0.15) is 26.3 Å². The number of amides is 1. The standard InChI is InChI=1S/C18H19NO5/c1-12-6-8-14(9-7-12)24-11-13(20)10-19-17(21)15-4-2-3-5-16(15)18(22)23/h2-9,13,20H,10-11H2,1H3,(H,19,21)(H,22,23)/p-1. The number of aromatic carboxylic acids is 1. The second-order valence-corrected chi connectivity index (χ2v) is 5.32. The van der Waals surface area contributed by atoms with E-state index in [-0.39, 0.29) is 24.3 Å². The first-order valence-electron chi connectivity index (χ1n) is 7.43. The molecule has 2 rings (SSSR count). The monoisotopic (exact) mass is 328 g/mol. The minimum absolute atomic E-state index is 0.00543. The summed E-state index contributed by atoms with van der Waals surface area (Å²) in [5.74, 6) is -1.40. The first-order valence-corrected chi connectivity index (χ1v) is 7.43. The minimum Gasteiger partial charge on any atom is -0.545 e. The van der Waals surface area contributed by atoms with Crippen LogP contribution in [-0.4, -0.2) is 36.2 Å². The van der Waals surface area contributed by atoms with Crippen LogP contribution in [0.5, 0.6) is 5.75 Å². The van der Waals surface area contributed by atoms with Crippen LogP contribution in [0, 0.1) is 6.92 Å². The fourth-order valence-electron chi connectivity index (χ4n) is 2.05. The van der Waals surface area contributed by atoms with Crippen molar-refractivity contribution in [3.05, 3.63) is 65.2 Å². The molecule has 0 heterocycles. The first-order chi connectivity index (χ1) is 11.5. The van der Waals surface area contributed by atoms with Crippen molar-refractivity contribution in [2.24, 2.45) is 0 Å². The van der Waals surface area contributed by atoms with Crippen LogP contribution in [0.2, 0.25) is 0 Å². The van der Waals surface area contributed by atoms with Crippen LogP contribution in [-0.2, 0) is 0 Å². The molecule has 2 aromatic rings. The minimum atomic E-state index is -1.43. The molecule has 126 valence electrons. The first kappa shape index (κ1) is 17.5. The van der Waals surface area contributed by atoms with Gasteiger partial charge in [0.05, 0.1) is 5.97 Å². The molecule has 2 aromatic carbocycles. The number of aliphatic hydroxyl groups excluding tert-OH is 1. The molecule has 0 saturated carbocycles. The van der Waals surface area contributed by atoms with Gasteiger partial charge in [0.25, 0.3) is 5.91 Å². The zero-order valence-corrected chi connectivity index (χ0v) is 13.2. The van der Waals surface area contributed by atoms with Crippen LogP contribution in [0.25, 0.3) is 0 Å². The number of carboxylic acids is 1. The number of rotatable bonds is 7. The number of aliphatic hydroxyl groups is 1. The Bertz CT molecular complexity index is 712. The van der Waals surface area contributed by atoms with Gasteiger partial charge in [-0.15, -0.1) is 0 Å². The Labute approximate surface area is 139 Å². The highest BCUT2D eigenvalue weighted by atomic mass is 16.5. The third-order valence-electron chi connectivity index (χ3n) is 3.35. The maximum atomic E-state index is 12.0. The van der Waals surface area contributed by atoms with Crippen molar-refractivity contribution in [1.29, 1.82) is 0 Å². The van der Waals surface area contributed by atoms with Gasteiger partial charge < -0.3 is 25.1 Å². The molecule has 0 aliphatic heterocycles. The van der Waals surface area contributed by atoms with Crippen LogP contribution in [0.4, 0.5) is 0 Å². The molecule has 0 aliphatic carbocycles. The van der Waals surface area contributed by atoms with Crippen molar-refractivity contribution >= 4 is 11.9 Å². The number of nitrogens with one attached hydrogen (secondary N) is 1. The lowest BCUT2D eigenvalue weighted by atomic mass is 10.1. The molecule has 2 N–H and O–H groups in total. The van der Waals surface area contributed by atoms with Crippen LogP contribution in [0.15, 0.2) is 48.5 Å². The molecule has 24 heavy (non-hydrogen) atoms. The molecular weight excluding hydrogens is 310 g/mol. The van der Waals surface area contributed by atoms with Crippen molar-refractivity contribution in [1.82, 2.24) is 5.32 Å². The molecule has 0 aromatic heterocycles. The summed E-state index contributed by atoms with van der Waals surface area (Å²) in [5.41, 5.74) is 0.895. The fourth-order valence-corrected chi connectivity index (χ4v) is 2.05. The lowest BCUT2D eigenvalue weighted by Gasteiger charge is -2.15. The summed E-state index contributed by atoms with van der Waals surface area (Å²) in [7, 11) is 0. The highest BCUT2D eigenvalue weighted by molar-refractivity contribution is 6.04. The number of benzene rings is 2. The maximum absolute atomic E-state index is 12.0. The molecule has 6 nitrogen and oxygen atoms in total. The van der Waals surface area contributed by atoms with Gasteiger partial charge >= 0.3 is 0 Å². The van der Waals surface area contributed by atoms with Gasteiger partial charge in [0, 0.05) is 17.7 Å². The maximum Gasteiger partial charge on any atom is 0.252 e. The normalized spacial score (nSPS) is 11.6. The Morgan fingerprint density at radius 1 is 1.12 bits per heavy atom. The molecule has 1 unspecified atom stereocenters. The number of hydrogen-bond acceptors (Lipinski definition) is 5. The third kappa shape index (κ3) is 4.82. The number of aryl methyl sites for hydroxylation is 1. The summed E-state index contributed by atoms with van der Waals surface area (Å²) >= 11 is 0. The molecule has 6 heteroatoms. The number of hydrogen-bond donors (Lipinski definition) is 2. The van der Waals surface area contributed by atoms with Crippen molar-refractivity contribution in [2.75, 3.05) is 13.2 Å². The summed E-state index contributed by atoms with van der Waals surface area (Å²) in [6.45, 7) is 1.90. The van der Waals surface area contributed by atoms with Gasteiger partial charge in [-0.25, -0.2) is 0 Å². The highest BCUT2D eigenvalue weighted by Crippen LogP contribution is 2.11. The van der Waals surface area contributed by atoms with Crippen molar-refractivity contribution in [3.63, 3.8) is 0 Å². The summed E-state index contributed by atoms with van der Waals surface area (Å²) < 4.78 is 5.42. The van der Waals surface area contributed by atoms with Crippen molar-refractivity contribution in [2.45, 2.75) is 13.0 Å². The van der Waals surface area contributed by atoms with Gasteiger partial charge in [-0.3, -0.25) is 4.79 Å². The van der Waals surface area contributed by atoms with Gasteiger partial charge in [0.2, 0.25) is 0 Å². The van der Waals surface area contributed by atoms with Gasteiger partial charge in [-0.1, -0.05) is 35.9 Å². The zero-order chi connectivity index (χ0) is 17.5. The van der Waals surface area contributed by atoms with Gasteiger partial charge in [0.1, 0.15) is 18.5 Å². The van der Waals surface area contributed by atoms with E-state index in [1.165, 1.54) is 18.2 Å². The number of ether oxygens (including phenoxy) is 1. The van der Waals surface area contributed by atoms with Crippen molar-refractivity contribution in [3.8, 4) is 5.75 Å². The summed E-state index contributed by atoms with van der Waals surface area (Å²) in [6.07, 6.45) is -0.926. The van der Waals surface area contributed by atoms with E-state index in [4.69, 9.17) is 4.74 Å². The lowest BCUT2D eigenvalue weighted by Crippen LogP contribution is -2.36. The molecule has 1 amide bonds. The average molecular weight is 328 g/mol. The molecule has 0 fully saturated rings. The Hall–Kier alpha value is -2.86. The van der Waals surface area contributed by atoms with Gasteiger partial charge in [-0.2, -0.15) is 0 Å². The number of carbonyl (C=O) groups excluding carboxylic acids is 2. The third-order valence-corrected chi connectivity index (χ3v) is 3.35. The highest BCUT2D eigenvalue weighted by Gasteiger charge is 2.13. The van der Waals surface area contributed by atoms with E-state index in [9.17, 15) is 19.8 Å². The lowest BCUT2D eigenvalue weighted by molar-refractivity contribution is -0.255. The summed E-state index contributed by atoms with van der Waals surface area (Å²) in [5, 5.41) is 23.3. The van der Waals surface area contributed by atoms with E-state index in [2.05, 4.69) is 5.32 Å². The van der Waals surface area contributed by atoms with E-state index >= 15 is 0 Å². The Kier molecular flexibility index (Phi) is 5.92. The molecular formula is C18H18NO5-. The fraction of sp³-hybridized carbons (Fsp3) is 0.222. The zero-order valence-electron chi connectivity index (χ0n) is 13.2. The predicted octanol–water partition coefficient (Wildman–Crippen LogP) is 0.528. The summed E-state index contributed by atoms with van der Waals surface area (Å²) in [6, 6.07) is 13.1. The number of carboxylic acid groups (broad SMARTS) is 1. The number of carbonyl (C=O) groups is 2. The molecule has 0 saturated heterocycles. The van der Waals surface area contributed by atoms with E-state index in [0.717, 1.165) is 5.56 Å². The van der Waals surface area contributed by atoms with Crippen LogP contribution in [0.3, 0.4) is 0 Å². The van der Waals surface area contributed by atoms with E-state index in [1.807, 2.05) is 19.1 Å². The summed E-state index contributed by atoms with van der Waals surface area (Å²) in [4.78, 5) is 23.0. The Morgan fingerprint density at radius 3 is 2.38 bits per heavy atom. The second-order valence-electron chi connectivity index (χ2n) is 5.32. The largest absolute Gasteiger partial charge is 0.545 e. The van der Waals surface area contributed by atoms with Gasteiger partial charge in [-0.05, 0) is 25.1 Å². The second kappa shape index (κ2) is 8.12. The smallest absolute Gasteiger partial charge is 0.252 e. The molecule has 0 aliphatic rings. The quantitative estimate of drug-likeness (QED) is 0.772. The van der Waals surface area contributed by atoms with Crippen LogP contribution >= 0.6 is 0 Å². The van der Waals surface area contributed by atoms with E-state index < -0.39 is 18.0 Å². The molecule has 0 radical (unpaired) electrons. The Morgan fingerprint density at radius 2 is 1.75 bits per heavy atom. The SMILES string of the molecule is Cc1ccc(OCC(O)CNC(=O)c2ccccc2C(=O)[O-])cc1. The Balaban J connectivity index is 1.85. The molecule has 0 bridgehead atoms.